The minimum Gasteiger partial charge on any atom is -0.457 e. The summed E-state index contributed by atoms with van der Waals surface area (Å²) in [6.45, 7) is 3.53. The molecule has 29 heavy (non-hydrogen) atoms. The summed E-state index contributed by atoms with van der Waals surface area (Å²) in [5.41, 5.74) is -0.108. The van der Waals surface area contributed by atoms with Gasteiger partial charge >= 0.3 is 17.9 Å². The van der Waals surface area contributed by atoms with Crippen LogP contribution in [-0.2, 0) is 49.0 Å². The van der Waals surface area contributed by atoms with Gasteiger partial charge in [0.1, 0.15) is 5.66 Å². The minimum absolute atomic E-state index is 0.131. The van der Waals surface area contributed by atoms with Gasteiger partial charge in [-0.05, 0) is 5.56 Å². The third kappa shape index (κ3) is 5.65. The predicted octanol–water partition coefficient (Wildman–Crippen LogP) is 2.26. The summed E-state index contributed by atoms with van der Waals surface area (Å²) in [6, 6.07) is 9.28. The van der Waals surface area contributed by atoms with Gasteiger partial charge in [0, 0.05) is 27.9 Å². The van der Waals surface area contributed by atoms with Gasteiger partial charge in [-0.25, -0.2) is 0 Å². The molecule has 1 aliphatic heterocycles. The van der Waals surface area contributed by atoms with Crippen LogP contribution in [0, 0.1) is 0 Å². The molecular weight excluding hydrogens is 403 g/mol. The lowest BCUT2D eigenvalue weighted by atomic mass is 10.1. The Balaban J connectivity index is 2.33. The van der Waals surface area contributed by atoms with E-state index in [2.05, 4.69) is 0 Å². The standard InChI is InChI=1S/C19H25O9P/c1-12(20)26-17-16(11-25-10-15-8-6-5-7-9-15)29(23,24-4)19(28-14(3)22)18(17)27-13(2)21/h5-9,16-19H,10-11H2,1-4H3/t16-,17-,18+,19-,29+/m1/s1. The third-order valence-corrected chi connectivity index (χ3v) is 7.42. The molecule has 0 radical (unpaired) electrons. The summed E-state index contributed by atoms with van der Waals surface area (Å²) in [5, 5.41) is 0. The van der Waals surface area contributed by atoms with E-state index in [1.54, 1.807) is 0 Å². The van der Waals surface area contributed by atoms with Crippen LogP contribution < -0.4 is 0 Å². The van der Waals surface area contributed by atoms with E-state index in [1.165, 1.54) is 14.0 Å². The lowest BCUT2D eigenvalue weighted by molar-refractivity contribution is -0.174. The highest BCUT2D eigenvalue weighted by Crippen LogP contribution is 2.65. The number of carbonyl (C=O) groups excluding carboxylic acids is 3. The van der Waals surface area contributed by atoms with E-state index in [9.17, 15) is 18.9 Å². The predicted molar refractivity (Wildman–Crippen MR) is 101 cm³/mol. The Hall–Kier alpha value is -2.22. The smallest absolute Gasteiger partial charge is 0.303 e. The van der Waals surface area contributed by atoms with Crippen molar-refractivity contribution in [2.24, 2.45) is 0 Å². The normalized spacial score (nSPS) is 28.6. The summed E-state index contributed by atoms with van der Waals surface area (Å²) >= 11 is 0. The van der Waals surface area contributed by atoms with Crippen LogP contribution in [0.2, 0.25) is 0 Å². The van der Waals surface area contributed by atoms with Crippen LogP contribution in [0.1, 0.15) is 26.3 Å². The quantitative estimate of drug-likeness (QED) is 0.349. The molecule has 2 rings (SSSR count). The van der Waals surface area contributed by atoms with Crippen LogP contribution in [0.25, 0.3) is 0 Å². The Morgan fingerprint density at radius 3 is 1.97 bits per heavy atom. The Morgan fingerprint density at radius 2 is 1.45 bits per heavy atom. The lowest BCUT2D eigenvalue weighted by Crippen LogP contribution is -2.41. The molecule has 0 saturated carbocycles. The van der Waals surface area contributed by atoms with Crippen LogP contribution in [0.15, 0.2) is 30.3 Å². The third-order valence-electron chi connectivity index (χ3n) is 4.38. The molecule has 10 heteroatoms. The fourth-order valence-corrected chi connectivity index (χ4v) is 6.00. The van der Waals surface area contributed by atoms with Gasteiger partial charge in [-0.1, -0.05) is 30.3 Å². The Kier molecular flexibility index (Phi) is 7.96. The van der Waals surface area contributed by atoms with Gasteiger partial charge in [-0.3, -0.25) is 18.9 Å². The Morgan fingerprint density at radius 1 is 0.897 bits per heavy atom. The number of benzene rings is 1. The van der Waals surface area contributed by atoms with E-state index in [0.29, 0.717) is 0 Å². The topological polar surface area (TPSA) is 114 Å². The van der Waals surface area contributed by atoms with Crippen molar-refractivity contribution in [3.63, 3.8) is 0 Å². The average molecular weight is 428 g/mol. The first-order valence-electron chi connectivity index (χ1n) is 8.97. The monoisotopic (exact) mass is 428 g/mol. The summed E-state index contributed by atoms with van der Waals surface area (Å²) in [7, 11) is -2.60. The number of hydrogen-bond donors (Lipinski definition) is 0. The highest BCUT2D eigenvalue weighted by Gasteiger charge is 2.64. The molecule has 1 saturated heterocycles. The molecular formula is C19H25O9P. The zero-order valence-corrected chi connectivity index (χ0v) is 17.6. The Bertz CT molecular complexity index is 779. The maximum Gasteiger partial charge on any atom is 0.303 e. The molecule has 1 heterocycles. The van der Waals surface area contributed by atoms with Crippen molar-refractivity contribution in [2.75, 3.05) is 13.7 Å². The van der Waals surface area contributed by atoms with Crippen molar-refractivity contribution in [2.45, 2.75) is 51.1 Å². The van der Waals surface area contributed by atoms with Gasteiger partial charge in [-0.15, -0.1) is 0 Å². The summed E-state index contributed by atoms with van der Waals surface area (Å²) in [5.74, 6) is -3.54. The first kappa shape index (κ1) is 23.1. The molecule has 1 aromatic rings. The molecule has 0 unspecified atom stereocenters. The minimum atomic E-state index is -3.79. The summed E-state index contributed by atoms with van der Waals surface area (Å²) in [6.07, 6.45) is -2.45. The first-order chi connectivity index (χ1) is 13.7. The SMILES string of the molecule is CO[P@@]1(=O)[C@H](COCc2ccccc2)[C@@H](OC(C)=O)[C@H](OC(C)=O)[C@@H]1OC(C)=O. The number of hydrogen-bond acceptors (Lipinski definition) is 9. The number of esters is 3. The molecule has 0 N–H and O–H groups in total. The van der Waals surface area contributed by atoms with Gasteiger partial charge in [0.25, 0.3) is 7.37 Å². The molecule has 0 bridgehead atoms. The molecule has 1 aromatic carbocycles. The van der Waals surface area contributed by atoms with Crippen LogP contribution in [0.3, 0.4) is 0 Å². The first-order valence-corrected chi connectivity index (χ1v) is 10.7. The van der Waals surface area contributed by atoms with E-state index in [1.807, 2.05) is 30.3 Å². The van der Waals surface area contributed by atoms with E-state index in [-0.39, 0.29) is 13.2 Å². The van der Waals surface area contributed by atoms with Gasteiger partial charge < -0.3 is 23.5 Å². The fraction of sp³-hybridized carbons (Fsp3) is 0.526. The summed E-state index contributed by atoms with van der Waals surface area (Å²) < 4.78 is 40.3. The second-order valence-electron chi connectivity index (χ2n) is 6.54. The molecule has 0 aromatic heterocycles. The second-order valence-corrected chi connectivity index (χ2v) is 9.37. The molecule has 0 spiro atoms. The zero-order chi connectivity index (χ0) is 21.6. The zero-order valence-electron chi connectivity index (χ0n) is 16.7. The van der Waals surface area contributed by atoms with Gasteiger partial charge in [0.15, 0.2) is 12.2 Å². The van der Waals surface area contributed by atoms with E-state index in [0.717, 1.165) is 19.4 Å². The molecule has 1 fully saturated rings. The fourth-order valence-electron chi connectivity index (χ4n) is 3.25. The maximum absolute atomic E-state index is 13.6. The Labute approximate surface area is 169 Å². The van der Waals surface area contributed by atoms with Crippen LogP contribution in [-0.4, -0.2) is 55.3 Å². The van der Waals surface area contributed by atoms with Gasteiger partial charge in [-0.2, -0.15) is 0 Å². The summed E-state index contributed by atoms with van der Waals surface area (Å²) in [4.78, 5) is 34.9. The second kappa shape index (κ2) is 10.0. The van der Waals surface area contributed by atoms with Crippen molar-refractivity contribution in [1.82, 2.24) is 0 Å². The highest BCUT2D eigenvalue weighted by molar-refractivity contribution is 7.60. The van der Waals surface area contributed by atoms with Crippen molar-refractivity contribution in [3.8, 4) is 0 Å². The highest BCUT2D eigenvalue weighted by atomic mass is 31.2. The van der Waals surface area contributed by atoms with Crippen LogP contribution in [0.5, 0.6) is 0 Å². The van der Waals surface area contributed by atoms with Crippen molar-refractivity contribution in [1.29, 1.82) is 0 Å². The van der Waals surface area contributed by atoms with Gasteiger partial charge in [0.2, 0.25) is 5.85 Å². The molecule has 0 aliphatic carbocycles. The van der Waals surface area contributed by atoms with E-state index >= 15 is 0 Å². The number of ether oxygens (including phenoxy) is 4. The van der Waals surface area contributed by atoms with Crippen molar-refractivity contribution < 1.29 is 42.4 Å². The molecule has 0 amide bonds. The maximum atomic E-state index is 13.6. The number of carbonyl (C=O) groups is 3. The molecule has 5 atom stereocenters. The number of rotatable bonds is 8. The molecule has 9 nitrogen and oxygen atoms in total. The van der Waals surface area contributed by atoms with Crippen molar-refractivity contribution >= 4 is 25.3 Å². The van der Waals surface area contributed by atoms with Gasteiger partial charge in [0.05, 0.1) is 13.2 Å². The molecule has 160 valence electrons. The van der Waals surface area contributed by atoms with Crippen LogP contribution >= 0.6 is 7.37 Å². The average Bonchev–Trinajstić information content (AvgIpc) is 2.84. The van der Waals surface area contributed by atoms with Crippen molar-refractivity contribution in [3.05, 3.63) is 35.9 Å². The van der Waals surface area contributed by atoms with Crippen LogP contribution in [0.4, 0.5) is 0 Å². The largest absolute Gasteiger partial charge is 0.457 e. The van der Waals surface area contributed by atoms with E-state index < -0.39 is 49.0 Å². The van der Waals surface area contributed by atoms with E-state index in [4.69, 9.17) is 23.5 Å². The lowest BCUT2D eigenvalue weighted by Gasteiger charge is -2.24. The molecule has 1 aliphatic rings.